The summed E-state index contributed by atoms with van der Waals surface area (Å²) in [4.78, 5) is 33.7. The number of rotatable bonds is 12. The first-order valence-electron chi connectivity index (χ1n) is 14.4. The molecule has 2 fully saturated rings. The molecule has 2 unspecified atom stereocenters. The van der Waals surface area contributed by atoms with Crippen LogP contribution in [-0.4, -0.2) is 67.5 Å². The molecule has 2 aliphatic heterocycles. The molecule has 9 N–H and O–H groups in total. The standard InChI is InChI=1S/C18H29N3O2.C6H7NO3S.C5H8N2OS/c1-2-3-8-17(22)20-13-6-4-5-7-14-21-18(23)15-9-11-16(19)12-10-15;7-5-1-3-6(4-2-5)11(8,9)10;8-5-6-3-1-9-2-4(3)7-5/h9-12H,2-8,13-14,19H2,1H3,(H,20,22)(H,21,23);1-4H,7H2,(H,8,9,10);3-4H,1-2H2,(H2,6,7,8). The zero-order valence-electron chi connectivity index (χ0n) is 24.5. The molecule has 0 saturated carbocycles. The molecule has 0 bridgehead atoms. The van der Waals surface area contributed by atoms with E-state index in [1.165, 1.54) is 24.3 Å². The molecule has 0 aliphatic carbocycles. The minimum absolute atomic E-state index is 0.00491. The van der Waals surface area contributed by atoms with Gasteiger partial charge in [-0.05, 0) is 67.8 Å². The van der Waals surface area contributed by atoms with Gasteiger partial charge in [-0.25, -0.2) is 4.79 Å². The van der Waals surface area contributed by atoms with E-state index in [1.807, 2.05) is 11.8 Å². The zero-order valence-corrected chi connectivity index (χ0v) is 26.1. The van der Waals surface area contributed by atoms with Gasteiger partial charge in [-0.1, -0.05) is 26.2 Å². The summed E-state index contributed by atoms with van der Waals surface area (Å²) in [6, 6.07) is 13.0. The number of carbonyl (C=O) groups is 3. The number of nitrogens with one attached hydrogen (secondary N) is 4. The lowest BCUT2D eigenvalue weighted by atomic mass is 10.1. The van der Waals surface area contributed by atoms with Crippen molar-refractivity contribution in [2.45, 2.75) is 68.8 Å². The van der Waals surface area contributed by atoms with Crippen LogP contribution in [0.25, 0.3) is 0 Å². The second kappa shape index (κ2) is 18.9. The Kier molecular flexibility index (Phi) is 15.7. The number of thioether (sulfide) groups is 1. The second-order valence-electron chi connectivity index (χ2n) is 10.2. The summed E-state index contributed by atoms with van der Waals surface area (Å²) >= 11 is 1.89. The topological polar surface area (TPSA) is 206 Å². The maximum atomic E-state index is 11.9. The van der Waals surface area contributed by atoms with Gasteiger partial charge in [0.05, 0.1) is 17.0 Å². The smallest absolute Gasteiger partial charge is 0.315 e. The van der Waals surface area contributed by atoms with E-state index in [9.17, 15) is 22.8 Å². The van der Waals surface area contributed by atoms with Crippen molar-refractivity contribution in [3.8, 4) is 0 Å². The molecule has 12 nitrogen and oxygen atoms in total. The van der Waals surface area contributed by atoms with Crippen LogP contribution in [-0.2, 0) is 14.9 Å². The van der Waals surface area contributed by atoms with Crippen molar-refractivity contribution < 1.29 is 27.4 Å². The SMILES string of the molecule is CCCCC(=O)NCCCCCCNC(=O)c1ccc(N)cc1.Nc1ccc(S(=O)(=O)O)cc1.O=C1NC2CSCC2N1. The lowest BCUT2D eigenvalue weighted by molar-refractivity contribution is -0.121. The van der Waals surface area contributed by atoms with Gasteiger partial charge in [-0.2, -0.15) is 20.2 Å². The van der Waals surface area contributed by atoms with Crippen molar-refractivity contribution in [1.29, 1.82) is 0 Å². The van der Waals surface area contributed by atoms with E-state index < -0.39 is 10.1 Å². The molecule has 2 saturated heterocycles. The molecule has 4 rings (SSSR count). The Balaban J connectivity index is 0.000000262. The highest BCUT2D eigenvalue weighted by Gasteiger charge is 2.35. The molecule has 2 aromatic carbocycles. The van der Waals surface area contributed by atoms with Gasteiger partial charge in [0.1, 0.15) is 0 Å². The number of unbranched alkanes of at least 4 members (excludes halogenated alkanes) is 4. The van der Waals surface area contributed by atoms with E-state index in [1.54, 1.807) is 24.3 Å². The van der Waals surface area contributed by atoms with Crippen molar-refractivity contribution in [3.05, 3.63) is 54.1 Å². The van der Waals surface area contributed by atoms with Crippen molar-refractivity contribution >= 4 is 51.1 Å². The van der Waals surface area contributed by atoms with Crippen molar-refractivity contribution in [2.75, 3.05) is 36.1 Å². The summed E-state index contributed by atoms with van der Waals surface area (Å²) in [5.41, 5.74) is 12.6. The van der Waals surface area contributed by atoms with Crippen molar-refractivity contribution in [2.24, 2.45) is 0 Å². The first kappa shape index (κ1) is 35.7. The second-order valence-corrected chi connectivity index (χ2v) is 12.7. The number of amides is 4. The molecule has 238 valence electrons. The van der Waals surface area contributed by atoms with E-state index in [-0.39, 0.29) is 22.7 Å². The number of fused-ring (bicyclic) bond motifs is 1. The zero-order chi connectivity index (χ0) is 31.7. The van der Waals surface area contributed by atoms with Gasteiger partial charge in [0.15, 0.2) is 0 Å². The number of hydrogen-bond acceptors (Lipinski definition) is 8. The number of nitrogen functional groups attached to an aromatic ring is 2. The molecule has 2 aromatic rings. The van der Waals surface area contributed by atoms with E-state index in [0.717, 1.165) is 56.6 Å². The number of carbonyl (C=O) groups excluding carboxylic acids is 3. The summed E-state index contributed by atoms with van der Waals surface area (Å²) in [6.07, 6.45) is 6.69. The molecule has 2 heterocycles. The fraction of sp³-hybridized carbons (Fsp3) is 0.483. The Hall–Kier alpha value is -3.49. The molecule has 4 amide bonds. The minimum Gasteiger partial charge on any atom is -0.399 e. The molecule has 43 heavy (non-hydrogen) atoms. The van der Waals surface area contributed by atoms with E-state index >= 15 is 0 Å². The fourth-order valence-electron chi connectivity index (χ4n) is 4.05. The normalized spacial score (nSPS) is 16.7. The third kappa shape index (κ3) is 14.5. The predicted octanol–water partition coefficient (Wildman–Crippen LogP) is 3.16. The van der Waals surface area contributed by atoms with Gasteiger partial charge in [0.25, 0.3) is 16.0 Å². The highest BCUT2D eigenvalue weighted by molar-refractivity contribution is 7.99. The highest BCUT2D eigenvalue weighted by Crippen LogP contribution is 2.20. The first-order chi connectivity index (χ1) is 20.5. The summed E-state index contributed by atoms with van der Waals surface area (Å²) < 4.78 is 29.4. The quantitative estimate of drug-likeness (QED) is 0.0789. The van der Waals surface area contributed by atoms with Crippen LogP contribution < -0.4 is 32.7 Å². The van der Waals surface area contributed by atoms with Gasteiger partial charge < -0.3 is 32.7 Å². The predicted molar refractivity (Wildman–Crippen MR) is 171 cm³/mol. The summed E-state index contributed by atoms with van der Waals surface area (Å²) in [7, 11) is -4.08. The lowest BCUT2D eigenvalue weighted by Crippen LogP contribution is -2.31. The number of urea groups is 1. The van der Waals surface area contributed by atoms with Crippen LogP contribution >= 0.6 is 11.8 Å². The molecule has 2 aliphatic rings. The Morgan fingerprint density at radius 3 is 1.88 bits per heavy atom. The van der Waals surface area contributed by atoms with Crippen LogP contribution in [0.1, 0.15) is 62.2 Å². The molecule has 14 heteroatoms. The summed E-state index contributed by atoms with van der Waals surface area (Å²) in [6.45, 7) is 3.51. The number of anilines is 2. The number of benzene rings is 2. The monoisotopic (exact) mass is 636 g/mol. The third-order valence-corrected chi connectivity index (χ3v) is 8.59. The van der Waals surface area contributed by atoms with Gasteiger partial charge in [-0.15, -0.1) is 0 Å². The van der Waals surface area contributed by atoms with Crippen LogP contribution in [0.2, 0.25) is 0 Å². The highest BCUT2D eigenvalue weighted by atomic mass is 32.2. The van der Waals surface area contributed by atoms with E-state index in [2.05, 4.69) is 28.2 Å². The van der Waals surface area contributed by atoms with Gasteiger partial charge in [0, 0.05) is 48.0 Å². The fourth-order valence-corrected chi connectivity index (χ4v) is 5.81. The van der Waals surface area contributed by atoms with Crippen molar-refractivity contribution in [1.82, 2.24) is 21.3 Å². The van der Waals surface area contributed by atoms with Crippen LogP contribution in [0.5, 0.6) is 0 Å². The Morgan fingerprint density at radius 2 is 1.37 bits per heavy atom. The molecule has 0 spiro atoms. The molecular weight excluding hydrogens is 592 g/mol. The maximum Gasteiger partial charge on any atom is 0.315 e. The number of hydrogen-bond donors (Lipinski definition) is 7. The molecule has 2 atom stereocenters. The molecule has 0 aromatic heterocycles. The van der Waals surface area contributed by atoms with Crippen LogP contribution in [0.3, 0.4) is 0 Å². The Labute approximate surface area is 258 Å². The van der Waals surface area contributed by atoms with Crippen molar-refractivity contribution in [3.63, 3.8) is 0 Å². The van der Waals surface area contributed by atoms with Crippen LogP contribution in [0, 0.1) is 0 Å². The average molecular weight is 637 g/mol. The maximum absolute atomic E-state index is 11.9. The van der Waals surface area contributed by atoms with Crippen LogP contribution in [0.4, 0.5) is 16.2 Å². The summed E-state index contributed by atoms with van der Waals surface area (Å²) in [5.74, 6) is 2.24. The lowest BCUT2D eigenvalue weighted by Gasteiger charge is -2.06. The van der Waals surface area contributed by atoms with Gasteiger partial charge in [-0.3, -0.25) is 14.1 Å². The largest absolute Gasteiger partial charge is 0.399 e. The molecular formula is C29H44N6O6S2. The van der Waals surface area contributed by atoms with Gasteiger partial charge in [0.2, 0.25) is 5.91 Å². The Bertz CT molecular complexity index is 1250. The Morgan fingerprint density at radius 1 is 0.860 bits per heavy atom. The summed E-state index contributed by atoms with van der Waals surface area (Å²) in [5, 5.41) is 11.5. The van der Waals surface area contributed by atoms with Gasteiger partial charge >= 0.3 is 6.03 Å². The average Bonchev–Trinajstić information content (AvgIpc) is 3.55. The first-order valence-corrected chi connectivity index (χ1v) is 17.0. The van der Waals surface area contributed by atoms with E-state index in [0.29, 0.717) is 42.0 Å². The molecule has 0 radical (unpaired) electrons. The number of nitrogens with two attached hydrogens (primary N) is 2. The minimum atomic E-state index is -4.08. The van der Waals surface area contributed by atoms with E-state index in [4.69, 9.17) is 16.0 Å². The third-order valence-electron chi connectivity index (χ3n) is 6.53. The van der Waals surface area contributed by atoms with Crippen LogP contribution in [0.15, 0.2) is 53.4 Å².